The van der Waals surface area contributed by atoms with Gasteiger partial charge in [-0.25, -0.2) is 9.78 Å². The van der Waals surface area contributed by atoms with Gasteiger partial charge in [-0.3, -0.25) is 14.9 Å². The molecule has 0 aliphatic carbocycles. The van der Waals surface area contributed by atoms with E-state index in [0.29, 0.717) is 18.2 Å². The third-order valence-corrected chi connectivity index (χ3v) is 6.20. The lowest BCUT2D eigenvalue weighted by molar-refractivity contribution is 0.256. The molecule has 0 bridgehead atoms. The van der Waals surface area contributed by atoms with Gasteiger partial charge < -0.3 is 9.80 Å². The molecular weight excluding hydrogens is 402 g/mol. The molecule has 0 saturated carbocycles. The first-order valence-electron chi connectivity index (χ1n) is 11.2. The van der Waals surface area contributed by atoms with E-state index < -0.39 is 0 Å². The highest BCUT2D eigenvalue weighted by Gasteiger charge is 2.26. The van der Waals surface area contributed by atoms with Gasteiger partial charge >= 0.3 is 6.03 Å². The first kappa shape index (κ1) is 20.4. The number of carbonyl (C=O) groups is 1. The van der Waals surface area contributed by atoms with Crippen molar-refractivity contribution < 1.29 is 4.79 Å². The van der Waals surface area contributed by atoms with Gasteiger partial charge in [-0.2, -0.15) is 5.10 Å². The highest BCUT2D eigenvalue weighted by molar-refractivity contribution is 6.03. The lowest BCUT2D eigenvalue weighted by atomic mass is 10.1. The summed E-state index contributed by atoms with van der Waals surface area (Å²) in [5, 5.41) is 7.19. The maximum atomic E-state index is 13.2. The summed E-state index contributed by atoms with van der Waals surface area (Å²) in [6, 6.07) is 14.3. The number of benzene rings is 1. The highest BCUT2D eigenvalue weighted by atomic mass is 16.2. The maximum Gasteiger partial charge on any atom is 0.328 e. The van der Waals surface area contributed by atoms with Crippen molar-refractivity contribution in [3.8, 4) is 11.3 Å². The Bertz CT molecular complexity index is 1120. The predicted molar refractivity (Wildman–Crippen MR) is 129 cm³/mol. The number of nitrogens with zero attached hydrogens (tertiary/aromatic N) is 6. The summed E-state index contributed by atoms with van der Waals surface area (Å²) in [5.41, 5.74) is 4.13. The minimum atomic E-state index is -0.212. The number of hydrogen-bond donors (Lipinski definition) is 1. The van der Waals surface area contributed by atoms with E-state index in [9.17, 15) is 4.79 Å². The average molecular weight is 432 g/mol. The number of amides is 2. The molecule has 0 spiro atoms. The molecule has 2 aliphatic heterocycles. The van der Waals surface area contributed by atoms with Gasteiger partial charge in [0.05, 0.1) is 11.4 Å². The Labute approximate surface area is 188 Å². The molecule has 5 rings (SSSR count). The number of pyridine rings is 1. The molecule has 1 saturated heterocycles. The molecule has 0 atom stereocenters. The van der Waals surface area contributed by atoms with Crippen molar-refractivity contribution in [3.05, 3.63) is 48.7 Å². The fraction of sp³-hybridized carbons (Fsp3) is 0.375. The third-order valence-electron chi connectivity index (χ3n) is 6.20. The van der Waals surface area contributed by atoms with Crippen molar-refractivity contribution in [1.29, 1.82) is 0 Å². The van der Waals surface area contributed by atoms with Gasteiger partial charge in [0.2, 0.25) is 0 Å². The van der Waals surface area contributed by atoms with Crippen LogP contribution in [-0.2, 0) is 7.05 Å². The Morgan fingerprint density at radius 1 is 0.969 bits per heavy atom. The van der Waals surface area contributed by atoms with E-state index in [1.165, 1.54) is 18.5 Å². The van der Waals surface area contributed by atoms with E-state index in [1.54, 1.807) is 15.6 Å². The number of anilines is 4. The van der Waals surface area contributed by atoms with Crippen LogP contribution in [0.1, 0.15) is 19.3 Å². The second-order valence-electron chi connectivity index (χ2n) is 8.52. The summed E-state index contributed by atoms with van der Waals surface area (Å²) in [7, 11) is 3.88. The minimum Gasteiger partial charge on any atom is -0.372 e. The smallest absolute Gasteiger partial charge is 0.328 e. The maximum absolute atomic E-state index is 13.2. The minimum absolute atomic E-state index is 0.212. The van der Waals surface area contributed by atoms with Crippen LogP contribution >= 0.6 is 0 Å². The van der Waals surface area contributed by atoms with Gasteiger partial charge in [0.15, 0.2) is 11.6 Å². The molecule has 1 N–H and O–H groups in total. The summed E-state index contributed by atoms with van der Waals surface area (Å²) < 4.78 is 1.67. The summed E-state index contributed by atoms with van der Waals surface area (Å²) >= 11 is 0. The number of hydrogen-bond acceptors (Lipinski definition) is 5. The highest BCUT2D eigenvalue weighted by Crippen LogP contribution is 2.34. The average Bonchev–Trinajstić information content (AvgIpc) is 3.45. The zero-order valence-corrected chi connectivity index (χ0v) is 18.7. The monoisotopic (exact) mass is 431 g/mol. The molecule has 4 heterocycles. The van der Waals surface area contributed by atoms with Crippen molar-refractivity contribution in [2.24, 2.45) is 7.05 Å². The Morgan fingerprint density at radius 3 is 2.59 bits per heavy atom. The number of urea groups is 1. The molecule has 8 heteroatoms. The fourth-order valence-corrected chi connectivity index (χ4v) is 4.48. The SMILES string of the molecule is CN1CCCN(C(=O)Nc2ccn(C)n2)c2nc(-c3cccc(N4CCCC4)c3)ccc21. The van der Waals surface area contributed by atoms with Gasteiger partial charge in [0, 0.05) is 63.8 Å². The Hall–Kier alpha value is -3.55. The van der Waals surface area contributed by atoms with Crippen LogP contribution in [-0.4, -0.2) is 54.0 Å². The second kappa shape index (κ2) is 8.53. The van der Waals surface area contributed by atoms with Gasteiger partial charge in [-0.1, -0.05) is 12.1 Å². The van der Waals surface area contributed by atoms with E-state index in [4.69, 9.17) is 4.98 Å². The Balaban J connectivity index is 1.49. The van der Waals surface area contributed by atoms with Crippen LogP contribution in [0.25, 0.3) is 11.3 Å². The molecule has 3 aromatic rings. The summed E-state index contributed by atoms with van der Waals surface area (Å²) in [4.78, 5) is 24.5. The summed E-state index contributed by atoms with van der Waals surface area (Å²) in [6.45, 7) is 3.67. The van der Waals surface area contributed by atoms with E-state index in [-0.39, 0.29) is 6.03 Å². The van der Waals surface area contributed by atoms with Crippen LogP contribution in [0.5, 0.6) is 0 Å². The lowest BCUT2D eigenvalue weighted by Gasteiger charge is -2.24. The van der Waals surface area contributed by atoms with Crippen LogP contribution in [0.4, 0.5) is 27.8 Å². The first-order valence-corrected chi connectivity index (χ1v) is 11.2. The topological polar surface area (TPSA) is 69.5 Å². The zero-order valence-electron chi connectivity index (χ0n) is 18.7. The number of aryl methyl sites for hydroxylation is 1. The Morgan fingerprint density at radius 2 is 1.81 bits per heavy atom. The van der Waals surface area contributed by atoms with Crippen LogP contribution in [0.15, 0.2) is 48.7 Å². The van der Waals surface area contributed by atoms with Crippen LogP contribution in [0.2, 0.25) is 0 Å². The van der Waals surface area contributed by atoms with Crippen LogP contribution < -0.4 is 20.0 Å². The molecule has 166 valence electrons. The zero-order chi connectivity index (χ0) is 22.1. The number of nitrogens with one attached hydrogen (secondary N) is 1. The van der Waals surface area contributed by atoms with Gasteiger partial charge in [0.25, 0.3) is 0 Å². The van der Waals surface area contributed by atoms with Gasteiger partial charge in [-0.15, -0.1) is 0 Å². The molecule has 32 heavy (non-hydrogen) atoms. The van der Waals surface area contributed by atoms with Crippen molar-refractivity contribution in [3.63, 3.8) is 0 Å². The predicted octanol–water partition coefficient (Wildman–Crippen LogP) is 3.96. The standard InChI is InChI=1S/C24H29N7O/c1-28-12-6-15-31(24(32)26-22-11-16-29(2)27-22)23-21(28)10-9-20(25-23)18-7-5-8-19(17-18)30-13-3-4-14-30/h5,7-11,16-17H,3-4,6,12-15H2,1-2H3,(H,26,27,32). The molecule has 8 nitrogen and oxygen atoms in total. The molecule has 1 fully saturated rings. The van der Waals surface area contributed by atoms with Crippen molar-refractivity contribution in [1.82, 2.24) is 14.8 Å². The summed E-state index contributed by atoms with van der Waals surface area (Å²) in [6.07, 6.45) is 5.16. The number of rotatable bonds is 3. The second-order valence-corrected chi connectivity index (χ2v) is 8.52. The molecule has 2 aliphatic rings. The van der Waals surface area contributed by atoms with Gasteiger partial charge in [0.1, 0.15) is 0 Å². The van der Waals surface area contributed by atoms with Crippen molar-refractivity contribution in [2.75, 3.05) is 53.2 Å². The molecular formula is C24H29N7O. The molecule has 0 unspecified atom stereocenters. The van der Waals surface area contributed by atoms with Crippen molar-refractivity contribution in [2.45, 2.75) is 19.3 Å². The van der Waals surface area contributed by atoms with Crippen molar-refractivity contribution >= 4 is 29.0 Å². The quantitative estimate of drug-likeness (QED) is 0.680. The molecule has 2 aromatic heterocycles. The Kier molecular flexibility index (Phi) is 5.43. The largest absolute Gasteiger partial charge is 0.372 e. The number of aromatic nitrogens is 3. The lowest BCUT2D eigenvalue weighted by Crippen LogP contribution is -2.36. The van der Waals surface area contributed by atoms with Crippen LogP contribution in [0.3, 0.4) is 0 Å². The molecule has 2 amide bonds. The van der Waals surface area contributed by atoms with E-state index in [1.807, 2.05) is 20.3 Å². The van der Waals surface area contributed by atoms with E-state index in [2.05, 4.69) is 56.6 Å². The van der Waals surface area contributed by atoms with E-state index >= 15 is 0 Å². The third kappa shape index (κ3) is 4.00. The number of carbonyl (C=O) groups excluding carboxylic acids is 1. The fourth-order valence-electron chi connectivity index (χ4n) is 4.48. The first-order chi connectivity index (χ1) is 15.6. The van der Waals surface area contributed by atoms with Crippen LogP contribution in [0, 0.1) is 0 Å². The molecule has 0 radical (unpaired) electrons. The van der Waals surface area contributed by atoms with E-state index in [0.717, 1.165) is 43.0 Å². The van der Waals surface area contributed by atoms with Gasteiger partial charge in [-0.05, 0) is 43.5 Å². The normalized spacial score (nSPS) is 16.1. The molecule has 1 aromatic carbocycles. The number of fused-ring (bicyclic) bond motifs is 1. The summed E-state index contributed by atoms with van der Waals surface area (Å²) in [5.74, 6) is 1.22.